The molecule has 4 aliphatic rings. The second-order valence-corrected chi connectivity index (χ2v) is 9.99. The molecule has 2 heterocycles. The van der Waals surface area contributed by atoms with Crippen LogP contribution < -0.4 is 0 Å². The molecule has 5 rings (SSSR count). The number of fused-ring (bicyclic) bond motifs is 3. The highest BCUT2D eigenvalue weighted by Crippen LogP contribution is 2.51. The Bertz CT molecular complexity index is 779. The van der Waals surface area contributed by atoms with Crippen LogP contribution in [-0.2, 0) is 16.0 Å². The average Bonchev–Trinajstić information content (AvgIpc) is 2.83. The van der Waals surface area contributed by atoms with Crippen molar-refractivity contribution in [3.8, 4) is 0 Å². The third kappa shape index (κ3) is 3.67. The van der Waals surface area contributed by atoms with Gasteiger partial charge in [0.05, 0.1) is 11.8 Å². The summed E-state index contributed by atoms with van der Waals surface area (Å²) in [6, 6.07) is 8.83. The number of hydrogen-bond acceptors (Lipinski definition) is 2. The van der Waals surface area contributed by atoms with Crippen LogP contribution >= 0.6 is 0 Å². The van der Waals surface area contributed by atoms with Crippen LogP contribution in [0.15, 0.2) is 24.3 Å². The molecule has 1 aromatic carbocycles. The average molecular weight is 409 g/mol. The van der Waals surface area contributed by atoms with Gasteiger partial charge in [0.15, 0.2) is 0 Å². The van der Waals surface area contributed by atoms with Crippen LogP contribution in [0.25, 0.3) is 0 Å². The summed E-state index contributed by atoms with van der Waals surface area (Å²) in [6.45, 7) is 3.54. The lowest BCUT2D eigenvalue weighted by Gasteiger charge is -2.47. The minimum atomic E-state index is -0.121. The van der Waals surface area contributed by atoms with Crippen molar-refractivity contribution in [3.63, 3.8) is 0 Å². The van der Waals surface area contributed by atoms with Gasteiger partial charge in [-0.15, -0.1) is 0 Å². The van der Waals surface area contributed by atoms with Crippen LogP contribution in [-0.4, -0.2) is 47.8 Å². The Kier molecular flexibility index (Phi) is 5.84. The topological polar surface area (TPSA) is 40.6 Å². The predicted octanol–water partition coefficient (Wildman–Crippen LogP) is 4.38. The van der Waals surface area contributed by atoms with E-state index in [1.54, 1.807) is 0 Å². The van der Waals surface area contributed by atoms with Gasteiger partial charge in [-0.05, 0) is 87.2 Å². The van der Waals surface area contributed by atoms with Crippen molar-refractivity contribution in [1.29, 1.82) is 0 Å². The van der Waals surface area contributed by atoms with Crippen molar-refractivity contribution < 1.29 is 9.59 Å². The smallest absolute Gasteiger partial charge is 0.226 e. The second kappa shape index (κ2) is 8.72. The molecule has 162 valence electrons. The van der Waals surface area contributed by atoms with Gasteiger partial charge >= 0.3 is 0 Å². The molecule has 30 heavy (non-hydrogen) atoms. The van der Waals surface area contributed by atoms with E-state index in [-0.39, 0.29) is 17.7 Å². The third-order valence-corrected chi connectivity index (χ3v) is 8.34. The molecule has 2 aliphatic carbocycles. The molecule has 1 saturated carbocycles. The standard InChI is InChI=1S/C26H36N2O2/c29-25(27-15-5-1-6-16-27)23-14-13-21-20-10-4-3-9-19(20)11-12-22(21)24(23)26(30)28-17-7-2-8-18-28/h3-4,9-10,21-24H,1-2,5-8,11-18H2/t21-,22+,23-,24+/m0/s1. The highest BCUT2D eigenvalue weighted by molar-refractivity contribution is 5.88. The largest absolute Gasteiger partial charge is 0.342 e. The molecule has 0 N–H and O–H groups in total. The Hall–Kier alpha value is -1.84. The van der Waals surface area contributed by atoms with E-state index in [1.165, 1.54) is 24.0 Å². The van der Waals surface area contributed by atoms with E-state index in [0.29, 0.717) is 17.7 Å². The Balaban J connectivity index is 1.45. The number of hydrogen-bond donors (Lipinski definition) is 0. The van der Waals surface area contributed by atoms with Gasteiger partial charge in [0.1, 0.15) is 0 Å². The van der Waals surface area contributed by atoms with E-state index in [9.17, 15) is 9.59 Å². The number of carbonyl (C=O) groups excluding carboxylic acids is 2. The first-order valence-electron chi connectivity index (χ1n) is 12.4. The normalized spacial score (nSPS) is 31.6. The molecule has 2 aliphatic heterocycles. The number of carbonyl (C=O) groups is 2. The molecule has 0 spiro atoms. The van der Waals surface area contributed by atoms with Gasteiger partial charge in [-0.2, -0.15) is 0 Å². The summed E-state index contributed by atoms with van der Waals surface area (Å²) in [6.07, 6.45) is 10.9. The number of benzene rings is 1. The molecule has 2 saturated heterocycles. The number of aryl methyl sites for hydroxylation is 1. The lowest BCUT2D eigenvalue weighted by molar-refractivity contribution is -0.153. The Morgan fingerprint density at radius 3 is 2.07 bits per heavy atom. The predicted molar refractivity (Wildman–Crippen MR) is 118 cm³/mol. The summed E-state index contributed by atoms with van der Waals surface area (Å²) in [4.78, 5) is 31.7. The van der Waals surface area contributed by atoms with E-state index in [0.717, 1.165) is 77.5 Å². The van der Waals surface area contributed by atoms with Gasteiger partial charge in [0, 0.05) is 26.2 Å². The van der Waals surface area contributed by atoms with Crippen LogP contribution in [0.5, 0.6) is 0 Å². The molecule has 0 bridgehead atoms. The van der Waals surface area contributed by atoms with Gasteiger partial charge in [-0.1, -0.05) is 24.3 Å². The van der Waals surface area contributed by atoms with E-state index < -0.39 is 0 Å². The molecule has 4 heteroatoms. The zero-order valence-electron chi connectivity index (χ0n) is 18.2. The summed E-state index contributed by atoms with van der Waals surface area (Å²) < 4.78 is 0. The maximum Gasteiger partial charge on any atom is 0.226 e. The maximum atomic E-state index is 13.9. The summed E-state index contributed by atoms with van der Waals surface area (Å²) in [5.41, 5.74) is 2.91. The number of piperidine rings is 2. The molecular formula is C26H36N2O2. The van der Waals surface area contributed by atoms with E-state index in [2.05, 4.69) is 34.1 Å². The summed E-state index contributed by atoms with van der Waals surface area (Å²) in [5, 5.41) is 0. The summed E-state index contributed by atoms with van der Waals surface area (Å²) in [7, 11) is 0. The number of nitrogens with zero attached hydrogens (tertiary/aromatic N) is 2. The van der Waals surface area contributed by atoms with Crippen molar-refractivity contribution in [1.82, 2.24) is 9.80 Å². The van der Waals surface area contributed by atoms with Gasteiger partial charge < -0.3 is 9.80 Å². The van der Waals surface area contributed by atoms with E-state index >= 15 is 0 Å². The van der Waals surface area contributed by atoms with Crippen molar-refractivity contribution in [2.24, 2.45) is 17.8 Å². The van der Waals surface area contributed by atoms with Gasteiger partial charge in [-0.25, -0.2) is 0 Å². The van der Waals surface area contributed by atoms with E-state index in [1.807, 2.05) is 0 Å². The lowest BCUT2D eigenvalue weighted by Crippen LogP contribution is -2.53. The molecule has 3 fully saturated rings. The molecule has 4 atom stereocenters. The number of rotatable bonds is 2. The highest BCUT2D eigenvalue weighted by Gasteiger charge is 2.50. The van der Waals surface area contributed by atoms with Crippen molar-refractivity contribution >= 4 is 11.8 Å². The van der Waals surface area contributed by atoms with Crippen molar-refractivity contribution in [2.45, 2.75) is 70.1 Å². The van der Waals surface area contributed by atoms with Crippen LogP contribution in [0.4, 0.5) is 0 Å². The minimum absolute atomic E-state index is 0.107. The molecule has 2 amide bonds. The van der Waals surface area contributed by atoms with Gasteiger partial charge in [-0.3, -0.25) is 9.59 Å². The van der Waals surface area contributed by atoms with Crippen LogP contribution in [0.2, 0.25) is 0 Å². The van der Waals surface area contributed by atoms with E-state index in [4.69, 9.17) is 0 Å². The van der Waals surface area contributed by atoms with Gasteiger partial charge in [0.2, 0.25) is 11.8 Å². The fourth-order valence-electron chi connectivity index (χ4n) is 6.82. The fourth-order valence-corrected chi connectivity index (χ4v) is 6.82. The second-order valence-electron chi connectivity index (χ2n) is 9.99. The molecule has 0 unspecified atom stereocenters. The van der Waals surface area contributed by atoms with Crippen LogP contribution in [0.1, 0.15) is 74.8 Å². The maximum absolute atomic E-state index is 13.9. The molecule has 4 nitrogen and oxygen atoms in total. The Labute approximate surface area is 181 Å². The SMILES string of the molecule is O=C([C@@H]1[C@@H]2CCc3ccccc3[C@@H]2CC[C@@H]1C(=O)N1CCCCC1)N1CCCCC1. The Morgan fingerprint density at radius 2 is 1.37 bits per heavy atom. The zero-order valence-corrected chi connectivity index (χ0v) is 18.2. The lowest BCUT2D eigenvalue weighted by atomic mass is 9.59. The molecule has 0 aromatic heterocycles. The first-order chi connectivity index (χ1) is 14.7. The quantitative estimate of drug-likeness (QED) is 0.728. The molecule has 0 radical (unpaired) electrons. The van der Waals surface area contributed by atoms with Crippen molar-refractivity contribution in [3.05, 3.63) is 35.4 Å². The first-order valence-corrected chi connectivity index (χ1v) is 12.4. The molecular weight excluding hydrogens is 372 g/mol. The highest BCUT2D eigenvalue weighted by atomic mass is 16.2. The fraction of sp³-hybridized carbons (Fsp3) is 0.692. The minimum Gasteiger partial charge on any atom is -0.342 e. The third-order valence-electron chi connectivity index (χ3n) is 8.34. The first kappa shape index (κ1) is 20.1. The summed E-state index contributed by atoms with van der Waals surface area (Å²) >= 11 is 0. The Morgan fingerprint density at radius 1 is 0.733 bits per heavy atom. The van der Waals surface area contributed by atoms with Crippen LogP contribution in [0, 0.1) is 17.8 Å². The zero-order chi connectivity index (χ0) is 20.5. The van der Waals surface area contributed by atoms with Crippen molar-refractivity contribution in [2.75, 3.05) is 26.2 Å². The van der Waals surface area contributed by atoms with Crippen LogP contribution in [0.3, 0.4) is 0 Å². The monoisotopic (exact) mass is 408 g/mol. The molecule has 1 aromatic rings. The summed E-state index contributed by atoms with van der Waals surface area (Å²) in [5.74, 6) is 1.11. The number of likely N-dealkylation sites (tertiary alicyclic amines) is 2. The van der Waals surface area contributed by atoms with Gasteiger partial charge in [0.25, 0.3) is 0 Å². The number of amides is 2.